The molecule has 1 saturated carbocycles. The predicted octanol–water partition coefficient (Wildman–Crippen LogP) is 0.994. The van der Waals surface area contributed by atoms with E-state index in [0.717, 1.165) is 12.8 Å². The van der Waals surface area contributed by atoms with E-state index < -0.39 is 0 Å². The van der Waals surface area contributed by atoms with E-state index in [1.807, 2.05) is 7.05 Å². The van der Waals surface area contributed by atoms with Crippen molar-refractivity contribution in [3.05, 3.63) is 0 Å². The molecule has 0 aliphatic heterocycles. The number of ether oxygens (including phenoxy) is 1. The molecule has 1 fully saturated rings. The average Bonchev–Trinajstić information content (AvgIpc) is 2.19. The topological polar surface area (TPSA) is 53.8 Å². The molecule has 1 rings (SSSR count). The summed E-state index contributed by atoms with van der Waals surface area (Å²) in [7, 11) is 2.00. The Bertz CT molecular complexity index is 154. The van der Waals surface area contributed by atoms with Gasteiger partial charge < -0.3 is 15.3 Å². The number of rotatable bonds is 4. The number of hydrogen-bond acceptors (Lipinski definition) is 4. The van der Waals surface area contributed by atoms with E-state index in [4.69, 9.17) is 9.94 Å². The quantitative estimate of drug-likeness (QED) is 0.391. The van der Waals surface area contributed by atoms with Crippen molar-refractivity contribution in [1.29, 1.82) is 0 Å². The molecule has 4 nitrogen and oxygen atoms in total. The van der Waals surface area contributed by atoms with Crippen molar-refractivity contribution in [1.82, 2.24) is 5.32 Å². The van der Waals surface area contributed by atoms with E-state index >= 15 is 0 Å². The Balaban J connectivity index is 2.10. The van der Waals surface area contributed by atoms with E-state index in [2.05, 4.69) is 10.5 Å². The van der Waals surface area contributed by atoms with Gasteiger partial charge in [0, 0.05) is 6.04 Å². The van der Waals surface area contributed by atoms with Crippen LogP contribution in [0.4, 0.5) is 0 Å². The van der Waals surface area contributed by atoms with E-state index in [9.17, 15) is 0 Å². The summed E-state index contributed by atoms with van der Waals surface area (Å²) >= 11 is 0. The highest BCUT2D eigenvalue weighted by atomic mass is 16.5. The third kappa shape index (κ3) is 3.74. The number of oxime groups is 1. The van der Waals surface area contributed by atoms with Crippen LogP contribution in [0.1, 0.15) is 25.7 Å². The Labute approximate surface area is 79.0 Å². The molecule has 0 aromatic rings. The Morgan fingerprint density at radius 2 is 2.15 bits per heavy atom. The minimum atomic E-state index is 0.350. The molecule has 0 amide bonds. The molecule has 0 heterocycles. The normalized spacial score (nSPS) is 29.6. The largest absolute Gasteiger partial charge is 0.411 e. The second-order valence-corrected chi connectivity index (χ2v) is 3.39. The minimum absolute atomic E-state index is 0.350. The van der Waals surface area contributed by atoms with Gasteiger partial charge >= 0.3 is 0 Å². The number of nitrogens with one attached hydrogen (secondary N) is 1. The second-order valence-electron chi connectivity index (χ2n) is 3.39. The lowest BCUT2D eigenvalue weighted by atomic mass is 9.93. The van der Waals surface area contributed by atoms with Crippen LogP contribution in [0.2, 0.25) is 0 Å². The van der Waals surface area contributed by atoms with Crippen LogP contribution in [-0.2, 0) is 4.74 Å². The molecule has 0 saturated heterocycles. The lowest BCUT2D eigenvalue weighted by molar-refractivity contribution is 0.0470. The molecule has 2 N–H and O–H groups in total. The maximum atomic E-state index is 8.16. The Hall–Kier alpha value is -0.610. The van der Waals surface area contributed by atoms with E-state index in [1.54, 1.807) is 0 Å². The van der Waals surface area contributed by atoms with Gasteiger partial charge in [-0.15, -0.1) is 0 Å². The SMILES string of the molecule is CN[C@H]1CC[C@H](OC/C=N/O)CC1. The van der Waals surface area contributed by atoms with Crippen LogP contribution in [0.5, 0.6) is 0 Å². The summed E-state index contributed by atoms with van der Waals surface area (Å²) in [5, 5.41) is 14.3. The molecule has 1 aliphatic rings. The molecular weight excluding hydrogens is 168 g/mol. The van der Waals surface area contributed by atoms with Gasteiger partial charge in [-0.05, 0) is 32.7 Å². The highest BCUT2D eigenvalue weighted by molar-refractivity contribution is 5.57. The van der Waals surface area contributed by atoms with Crippen molar-refractivity contribution in [2.45, 2.75) is 37.8 Å². The van der Waals surface area contributed by atoms with Crippen molar-refractivity contribution >= 4 is 6.21 Å². The summed E-state index contributed by atoms with van der Waals surface area (Å²) in [4.78, 5) is 0. The zero-order valence-electron chi connectivity index (χ0n) is 8.07. The first-order chi connectivity index (χ1) is 6.36. The summed E-state index contributed by atoms with van der Waals surface area (Å²) in [6.45, 7) is 0.422. The maximum Gasteiger partial charge on any atom is 0.0855 e. The zero-order chi connectivity index (χ0) is 9.52. The third-order valence-electron chi connectivity index (χ3n) is 2.57. The van der Waals surface area contributed by atoms with Crippen LogP contribution in [0.3, 0.4) is 0 Å². The number of hydrogen-bond donors (Lipinski definition) is 2. The summed E-state index contributed by atoms with van der Waals surface area (Å²) in [5.74, 6) is 0. The molecular formula is C9H18N2O2. The van der Waals surface area contributed by atoms with Gasteiger partial charge in [0.05, 0.1) is 18.9 Å². The Morgan fingerprint density at radius 1 is 1.46 bits per heavy atom. The van der Waals surface area contributed by atoms with Gasteiger partial charge in [-0.2, -0.15) is 0 Å². The molecule has 1 aliphatic carbocycles. The average molecular weight is 186 g/mol. The van der Waals surface area contributed by atoms with Gasteiger partial charge in [0.15, 0.2) is 0 Å². The minimum Gasteiger partial charge on any atom is -0.411 e. The van der Waals surface area contributed by atoms with Gasteiger partial charge in [0.2, 0.25) is 0 Å². The van der Waals surface area contributed by atoms with Gasteiger partial charge in [-0.25, -0.2) is 0 Å². The fourth-order valence-corrected chi connectivity index (χ4v) is 1.73. The molecule has 0 spiro atoms. The van der Waals surface area contributed by atoms with Crippen LogP contribution >= 0.6 is 0 Å². The van der Waals surface area contributed by atoms with E-state index in [-0.39, 0.29) is 0 Å². The fraction of sp³-hybridized carbons (Fsp3) is 0.889. The summed E-state index contributed by atoms with van der Waals surface area (Å²) < 4.78 is 5.48. The van der Waals surface area contributed by atoms with Gasteiger partial charge in [0.1, 0.15) is 0 Å². The zero-order valence-corrected chi connectivity index (χ0v) is 8.07. The first kappa shape index (κ1) is 10.5. The summed E-state index contributed by atoms with van der Waals surface area (Å²) in [6, 6.07) is 0.659. The third-order valence-corrected chi connectivity index (χ3v) is 2.57. The van der Waals surface area contributed by atoms with Gasteiger partial charge in [-0.1, -0.05) is 5.16 Å². The van der Waals surface area contributed by atoms with Crippen molar-refractivity contribution in [3.8, 4) is 0 Å². The fourth-order valence-electron chi connectivity index (χ4n) is 1.73. The van der Waals surface area contributed by atoms with Crippen molar-refractivity contribution in [3.63, 3.8) is 0 Å². The van der Waals surface area contributed by atoms with Crippen molar-refractivity contribution in [2.75, 3.05) is 13.7 Å². The molecule has 0 radical (unpaired) electrons. The standard InChI is InChI=1S/C9H18N2O2/c1-10-8-2-4-9(5-3-8)13-7-6-11-12/h6,8-10,12H,2-5,7H2,1H3/b11-6+/t8-,9-. The maximum absolute atomic E-state index is 8.16. The van der Waals surface area contributed by atoms with Crippen LogP contribution in [0.25, 0.3) is 0 Å². The first-order valence-electron chi connectivity index (χ1n) is 4.81. The highest BCUT2D eigenvalue weighted by Gasteiger charge is 2.19. The van der Waals surface area contributed by atoms with Gasteiger partial charge in [-0.3, -0.25) is 0 Å². The molecule has 76 valence electrons. The summed E-state index contributed by atoms with van der Waals surface area (Å²) in [5.41, 5.74) is 0. The van der Waals surface area contributed by atoms with Crippen molar-refractivity contribution in [2.24, 2.45) is 5.16 Å². The van der Waals surface area contributed by atoms with Crippen LogP contribution < -0.4 is 5.32 Å². The molecule has 0 atom stereocenters. The summed E-state index contributed by atoms with van der Waals surface area (Å²) in [6.07, 6.45) is 6.29. The smallest absolute Gasteiger partial charge is 0.0855 e. The second kappa shape index (κ2) is 5.94. The van der Waals surface area contributed by atoms with Crippen LogP contribution in [0.15, 0.2) is 5.16 Å². The number of nitrogens with zero attached hydrogens (tertiary/aromatic N) is 1. The predicted molar refractivity (Wildman–Crippen MR) is 51.3 cm³/mol. The van der Waals surface area contributed by atoms with Crippen LogP contribution in [-0.4, -0.2) is 37.2 Å². The first-order valence-corrected chi connectivity index (χ1v) is 4.81. The molecule has 0 aromatic heterocycles. The lowest BCUT2D eigenvalue weighted by Gasteiger charge is -2.27. The lowest BCUT2D eigenvalue weighted by Crippen LogP contribution is -2.33. The van der Waals surface area contributed by atoms with E-state index in [1.165, 1.54) is 19.1 Å². The molecule has 13 heavy (non-hydrogen) atoms. The Kier molecular flexibility index (Phi) is 4.78. The molecule has 0 unspecified atom stereocenters. The van der Waals surface area contributed by atoms with E-state index in [0.29, 0.717) is 18.8 Å². The monoisotopic (exact) mass is 186 g/mol. The van der Waals surface area contributed by atoms with Gasteiger partial charge in [0.25, 0.3) is 0 Å². The highest BCUT2D eigenvalue weighted by Crippen LogP contribution is 2.20. The molecule has 0 bridgehead atoms. The van der Waals surface area contributed by atoms with Crippen LogP contribution in [0, 0.1) is 0 Å². The van der Waals surface area contributed by atoms with Crippen molar-refractivity contribution < 1.29 is 9.94 Å². The molecule has 0 aromatic carbocycles. The molecule has 4 heteroatoms. The Morgan fingerprint density at radius 3 is 2.69 bits per heavy atom.